The van der Waals surface area contributed by atoms with Crippen molar-refractivity contribution in [1.82, 2.24) is 5.43 Å². The van der Waals surface area contributed by atoms with Gasteiger partial charge in [0.1, 0.15) is 11.5 Å². The number of benzene rings is 3. The Morgan fingerprint density at radius 1 is 1.00 bits per heavy atom. The van der Waals surface area contributed by atoms with E-state index in [1.54, 1.807) is 49.6 Å². The first-order chi connectivity index (χ1) is 15.8. The second-order valence-electron chi connectivity index (χ2n) is 7.08. The van der Waals surface area contributed by atoms with Crippen molar-refractivity contribution in [2.75, 3.05) is 24.8 Å². The van der Waals surface area contributed by atoms with Gasteiger partial charge in [0, 0.05) is 5.56 Å². The number of carbonyl (C=O) groups excluding carboxylic acids is 1. The molecule has 172 valence electrons. The molecule has 0 unspecified atom stereocenters. The van der Waals surface area contributed by atoms with Crippen molar-refractivity contribution in [3.8, 4) is 11.5 Å². The molecule has 0 saturated carbocycles. The molecule has 0 aliphatic rings. The van der Waals surface area contributed by atoms with E-state index in [0.717, 1.165) is 11.8 Å². The number of hydrazone groups is 1. The molecule has 0 spiro atoms. The molecule has 8 nitrogen and oxygen atoms in total. The van der Waals surface area contributed by atoms with Gasteiger partial charge in [0.05, 0.1) is 44.5 Å². The van der Waals surface area contributed by atoms with Crippen LogP contribution in [0, 0.1) is 0 Å². The van der Waals surface area contributed by atoms with Crippen LogP contribution in [0.4, 0.5) is 5.69 Å². The maximum Gasteiger partial charge on any atom is 0.273 e. The van der Waals surface area contributed by atoms with E-state index in [9.17, 15) is 13.2 Å². The molecule has 0 heterocycles. The lowest BCUT2D eigenvalue weighted by atomic mass is 10.1. The van der Waals surface area contributed by atoms with Gasteiger partial charge in [-0.25, -0.2) is 13.8 Å². The molecule has 3 aromatic rings. The lowest BCUT2D eigenvalue weighted by Gasteiger charge is -2.24. The van der Waals surface area contributed by atoms with Crippen LogP contribution in [0.3, 0.4) is 0 Å². The van der Waals surface area contributed by atoms with Crippen molar-refractivity contribution in [2.24, 2.45) is 5.10 Å². The van der Waals surface area contributed by atoms with Crippen molar-refractivity contribution < 1.29 is 22.7 Å². The number of hydrogen-bond donors (Lipinski definition) is 1. The van der Waals surface area contributed by atoms with E-state index in [1.807, 2.05) is 30.3 Å². The quantitative estimate of drug-likeness (QED) is 0.384. The summed E-state index contributed by atoms with van der Waals surface area (Å²) in [6.07, 6.45) is 2.54. The summed E-state index contributed by atoms with van der Waals surface area (Å²) in [5.74, 6) is 0.615. The van der Waals surface area contributed by atoms with E-state index in [2.05, 4.69) is 10.5 Å². The Bertz CT molecular complexity index is 1240. The van der Waals surface area contributed by atoms with Gasteiger partial charge in [0.25, 0.3) is 5.91 Å². The van der Waals surface area contributed by atoms with Gasteiger partial charge in [-0.3, -0.25) is 9.10 Å². The third kappa shape index (κ3) is 6.11. The molecule has 0 saturated heterocycles. The smallest absolute Gasteiger partial charge is 0.273 e. The zero-order chi connectivity index (χ0) is 23.8. The first kappa shape index (κ1) is 23.8. The molecule has 0 bridgehead atoms. The van der Waals surface area contributed by atoms with Crippen LogP contribution in [-0.2, 0) is 16.6 Å². The molecule has 3 aromatic carbocycles. The summed E-state index contributed by atoms with van der Waals surface area (Å²) in [6.45, 7) is 0.0915. The summed E-state index contributed by atoms with van der Waals surface area (Å²) in [7, 11) is -0.594. The Hall–Kier alpha value is -3.85. The predicted molar refractivity (Wildman–Crippen MR) is 129 cm³/mol. The number of sulfonamides is 1. The second kappa shape index (κ2) is 10.6. The molecule has 0 atom stereocenters. The first-order valence-corrected chi connectivity index (χ1v) is 11.8. The fraction of sp³-hybridized carbons (Fsp3) is 0.167. The van der Waals surface area contributed by atoms with Crippen LogP contribution in [0.25, 0.3) is 0 Å². The van der Waals surface area contributed by atoms with Crippen LogP contribution < -0.4 is 19.2 Å². The Kier molecular flexibility index (Phi) is 7.68. The maximum atomic E-state index is 12.9. The minimum absolute atomic E-state index is 0.0915. The fourth-order valence-electron chi connectivity index (χ4n) is 3.17. The topological polar surface area (TPSA) is 97.3 Å². The van der Waals surface area contributed by atoms with E-state index in [1.165, 1.54) is 17.6 Å². The van der Waals surface area contributed by atoms with Crippen molar-refractivity contribution >= 4 is 27.8 Å². The van der Waals surface area contributed by atoms with Gasteiger partial charge in [0.15, 0.2) is 0 Å². The van der Waals surface area contributed by atoms with Crippen molar-refractivity contribution in [1.29, 1.82) is 0 Å². The molecule has 9 heteroatoms. The summed E-state index contributed by atoms with van der Waals surface area (Å²) in [6, 6.07) is 20.8. The summed E-state index contributed by atoms with van der Waals surface area (Å²) >= 11 is 0. The Morgan fingerprint density at radius 3 is 2.36 bits per heavy atom. The van der Waals surface area contributed by atoms with E-state index < -0.39 is 15.9 Å². The minimum atomic E-state index is -3.67. The SMILES string of the molecule is COc1ccc(OC)c(/C=N/NC(=O)c2ccccc2N(Cc2ccccc2)S(C)(=O)=O)c1. The number of rotatable bonds is 9. The van der Waals surface area contributed by atoms with E-state index in [-0.39, 0.29) is 17.8 Å². The van der Waals surface area contributed by atoms with Crippen molar-refractivity contribution in [2.45, 2.75) is 6.54 Å². The predicted octanol–water partition coefficient (Wildman–Crippen LogP) is 3.43. The molecular weight excluding hydrogens is 442 g/mol. The molecular formula is C24H25N3O5S. The normalized spacial score (nSPS) is 11.2. The van der Waals surface area contributed by atoms with Crippen LogP contribution in [0.15, 0.2) is 77.9 Å². The monoisotopic (exact) mass is 467 g/mol. The zero-order valence-electron chi connectivity index (χ0n) is 18.6. The second-order valence-corrected chi connectivity index (χ2v) is 8.99. The number of para-hydroxylation sites is 1. The lowest BCUT2D eigenvalue weighted by molar-refractivity contribution is 0.0955. The summed E-state index contributed by atoms with van der Waals surface area (Å²) in [4.78, 5) is 12.9. The third-order valence-corrected chi connectivity index (χ3v) is 5.92. The zero-order valence-corrected chi connectivity index (χ0v) is 19.4. The molecule has 0 aromatic heterocycles. The molecule has 1 amide bonds. The van der Waals surface area contributed by atoms with E-state index in [4.69, 9.17) is 9.47 Å². The van der Waals surface area contributed by atoms with Gasteiger partial charge in [-0.2, -0.15) is 5.10 Å². The first-order valence-electron chi connectivity index (χ1n) is 9.99. The fourth-order valence-corrected chi connectivity index (χ4v) is 4.07. The van der Waals surface area contributed by atoms with Crippen LogP contribution in [0.2, 0.25) is 0 Å². The van der Waals surface area contributed by atoms with E-state index in [0.29, 0.717) is 17.1 Å². The Labute approximate surface area is 193 Å². The Balaban J connectivity index is 1.87. The van der Waals surface area contributed by atoms with Gasteiger partial charge >= 0.3 is 0 Å². The van der Waals surface area contributed by atoms with Gasteiger partial charge in [-0.15, -0.1) is 0 Å². The molecule has 0 radical (unpaired) electrons. The van der Waals surface area contributed by atoms with E-state index >= 15 is 0 Å². The number of methoxy groups -OCH3 is 2. The highest BCUT2D eigenvalue weighted by Crippen LogP contribution is 2.25. The molecule has 3 rings (SSSR count). The number of nitrogens with one attached hydrogen (secondary N) is 1. The van der Waals surface area contributed by atoms with Gasteiger partial charge in [-0.05, 0) is 35.9 Å². The lowest BCUT2D eigenvalue weighted by Crippen LogP contribution is -2.32. The van der Waals surface area contributed by atoms with Crippen LogP contribution >= 0.6 is 0 Å². The highest BCUT2D eigenvalue weighted by Gasteiger charge is 2.23. The largest absolute Gasteiger partial charge is 0.497 e. The molecule has 33 heavy (non-hydrogen) atoms. The van der Waals surface area contributed by atoms with Crippen LogP contribution in [0.1, 0.15) is 21.5 Å². The maximum absolute atomic E-state index is 12.9. The van der Waals surface area contributed by atoms with Gasteiger partial charge < -0.3 is 9.47 Å². The number of amides is 1. The van der Waals surface area contributed by atoms with Crippen LogP contribution in [-0.4, -0.2) is 41.0 Å². The number of carbonyl (C=O) groups is 1. The van der Waals surface area contributed by atoms with Gasteiger partial charge in [-0.1, -0.05) is 42.5 Å². The minimum Gasteiger partial charge on any atom is -0.497 e. The average molecular weight is 468 g/mol. The summed E-state index contributed by atoms with van der Waals surface area (Å²) < 4.78 is 36.9. The average Bonchev–Trinajstić information content (AvgIpc) is 2.82. The van der Waals surface area contributed by atoms with Crippen molar-refractivity contribution in [3.05, 3.63) is 89.5 Å². The van der Waals surface area contributed by atoms with Gasteiger partial charge in [0.2, 0.25) is 10.0 Å². The molecule has 0 aliphatic carbocycles. The molecule has 1 N–H and O–H groups in total. The highest BCUT2D eigenvalue weighted by molar-refractivity contribution is 7.92. The van der Waals surface area contributed by atoms with Crippen LogP contribution in [0.5, 0.6) is 11.5 Å². The van der Waals surface area contributed by atoms with Crippen molar-refractivity contribution in [3.63, 3.8) is 0 Å². The number of anilines is 1. The summed E-state index contributed by atoms with van der Waals surface area (Å²) in [5, 5.41) is 4.02. The Morgan fingerprint density at radius 2 is 1.70 bits per heavy atom. The number of hydrogen-bond acceptors (Lipinski definition) is 6. The highest BCUT2D eigenvalue weighted by atomic mass is 32.2. The molecule has 0 fully saturated rings. The third-order valence-electron chi connectivity index (χ3n) is 4.79. The standard InChI is InChI=1S/C24H25N3O5S/c1-31-20-13-14-23(32-2)19(15-20)16-25-26-24(28)21-11-7-8-12-22(21)27(33(3,29)30)17-18-9-5-4-6-10-18/h4-16H,17H2,1-3H3,(H,26,28)/b25-16+. The number of nitrogens with zero attached hydrogens (tertiary/aromatic N) is 2. The number of ether oxygens (including phenoxy) is 2. The molecule has 0 aliphatic heterocycles. The summed E-state index contributed by atoms with van der Waals surface area (Å²) in [5.41, 5.74) is 4.29.